The van der Waals surface area contributed by atoms with Gasteiger partial charge >= 0.3 is 0 Å². The van der Waals surface area contributed by atoms with Gasteiger partial charge in [-0.05, 0) is 38.0 Å². The topological polar surface area (TPSA) is 0 Å². The Balaban J connectivity index is 1.99. The lowest BCUT2D eigenvalue weighted by Gasteiger charge is -2.56. The van der Waals surface area contributed by atoms with E-state index in [0.717, 1.165) is 0 Å². The fourth-order valence-corrected chi connectivity index (χ4v) is 3.80. The van der Waals surface area contributed by atoms with Crippen molar-refractivity contribution in [2.24, 2.45) is 17.8 Å². The first-order valence-electron chi connectivity index (χ1n) is 5.06. The van der Waals surface area contributed by atoms with Crippen LogP contribution in [0.5, 0.6) is 0 Å². The summed E-state index contributed by atoms with van der Waals surface area (Å²) < 4.78 is 40.9. The molecule has 0 nitrogen and oxygen atoms in total. The van der Waals surface area contributed by atoms with E-state index in [2.05, 4.69) is 0 Å². The quantitative estimate of drug-likeness (QED) is 0.550. The molecule has 2 unspecified atom stereocenters. The zero-order chi connectivity index (χ0) is 9.27. The van der Waals surface area contributed by atoms with Crippen LogP contribution in [0.4, 0.5) is 13.2 Å². The van der Waals surface area contributed by atoms with E-state index in [1.165, 1.54) is 0 Å². The summed E-state index contributed by atoms with van der Waals surface area (Å²) in [4.78, 5) is 0. The fourth-order valence-electron chi connectivity index (χ4n) is 3.80. The first-order chi connectivity index (χ1) is 6.00. The summed E-state index contributed by atoms with van der Waals surface area (Å²) in [5.41, 5.74) is -1.22. The number of hydrogen-bond donors (Lipinski definition) is 0. The van der Waals surface area contributed by atoms with Crippen LogP contribution in [0.2, 0.25) is 0 Å². The Labute approximate surface area is 75.5 Å². The molecule has 13 heavy (non-hydrogen) atoms. The minimum atomic E-state index is -2.56. The zero-order valence-corrected chi connectivity index (χ0v) is 7.40. The highest BCUT2D eigenvalue weighted by atomic mass is 19.3. The maximum atomic E-state index is 13.9. The molecule has 4 aliphatic rings. The van der Waals surface area contributed by atoms with Crippen molar-refractivity contribution in [3.05, 3.63) is 0 Å². The molecule has 4 rings (SSSR count). The van der Waals surface area contributed by atoms with Gasteiger partial charge in [-0.2, -0.15) is 0 Å². The van der Waals surface area contributed by atoms with Gasteiger partial charge in [0, 0.05) is 11.8 Å². The normalized spacial score (nSPS) is 57.0. The summed E-state index contributed by atoms with van der Waals surface area (Å²) in [6.45, 7) is 0. The van der Waals surface area contributed by atoms with Crippen LogP contribution in [0.25, 0.3) is 0 Å². The summed E-state index contributed by atoms with van der Waals surface area (Å²) in [6, 6.07) is 0. The zero-order valence-electron chi connectivity index (χ0n) is 7.40. The average Bonchev–Trinajstić information content (AvgIpc) is 1.97. The predicted molar refractivity (Wildman–Crippen MR) is 42.3 cm³/mol. The molecule has 0 heterocycles. The van der Waals surface area contributed by atoms with Crippen molar-refractivity contribution in [2.75, 3.05) is 0 Å². The lowest BCUT2D eigenvalue weighted by atomic mass is 9.53. The summed E-state index contributed by atoms with van der Waals surface area (Å²) in [5, 5.41) is 0. The maximum absolute atomic E-state index is 13.9. The molecule has 0 aromatic carbocycles. The Morgan fingerprint density at radius 1 is 0.846 bits per heavy atom. The molecule has 0 saturated heterocycles. The molecule has 0 amide bonds. The number of rotatable bonds is 0. The Bertz CT molecular complexity index is 231. The molecule has 74 valence electrons. The van der Waals surface area contributed by atoms with Gasteiger partial charge in [0.1, 0.15) is 5.67 Å². The smallest absolute Gasteiger partial charge is 0.244 e. The third-order valence-electron chi connectivity index (χ3n) is 4.20. The molecule has 4 aliphatic carbocycles. The number of halogens is 3. The molecule has 0 aromatic heterocycles. The second kappa shape index (κ2) is 2.06. The van der Waals surface area contributed by atoms with E-state index in [1.807, 2.05) is 0 Å². The molecule has 0 N–H and O–H groups in total. The molecular weight excluding hydrogens is 177 g/mol. The van der Waals surface area contributed by atoms with Crippen molar-refractivity contribution >= 4 is 0 Å². The van der Waals surface area contributed by atoms with Crippen LogP contribution in [0, 0.1) is 17.8 Å². The molecule has 4 bridgehead atoms. The summed E-state index contributed by atoms with van der Waals surface area (Å²) >= 11 is 0. The van der Waals surface area contributed by atoms with Crippen LogP contribution in [-0.4, -0.2) is 11.6 Å². The highest BCUT2D eigenvalue weighted by Crippen LogP contribution is 2.62. The minimum Gasteiger partial charge on any atom is -0.244 e. The van der Waals surface area contributed by atoms with Gasteiger partial charge in [-0.15, -0.1) is 0 Å². The van der Waals surface area contributed by atoms with Crippen molar-refractivity contribution in [2.45, 2.75) is 43.7 Å². The van der Waals surface area contributed by atoms with Crippen LogP contribution < -0.4 is 0 Å². The molecule has 3 heteroatoms. The van der Waals surface area contributed by atoms with Crippen molar-refractivity contribution in [3.63, 3.8) is 0 Å². The molecular formula is C10H13F3. The Morgan fingerprint density at radius 3 is 1.85 bits per heavy atom. The van der Waals surface area contributed by atoms with Gasteiger partial charge in [-0.1, -0.05) is 0 Å². The van der Waals surface area contributed by atoms with E-state index in [-0.39, 0.29) is 18.8 Å². The van der Waals surface area contributed by atoms with Gasteiger partial charge < -0.3 is 0 Å². The number of alkyl halides is 3. The van der Waals surface area contributed by atoms with E-state index in [9.17, 15) is 13.2 Å². The lowest BCUT2D eigenvalue weighted by Crippen LogP contribution is -2.58. The summed E-state index contributed by atoms with van der Waals surface area (Å²) in [6.07, 6.45) is 1.92. The number of hydrogen-bond acceptors (Lipinski definition) is 0. The predicted octanol–water partition coefficient (Wildman–Crippen LogP) is 3.17. The van der Waals surface area contributed by atoms with Crippen LogP contribution in [-0.2, 0) is 0 Å². The van der Waals surface area contributed by atoms with E-state index in [1.54, 1.807) is 0 Å². The van der Waals surface area contributed by atoms with E-state index in [0.29, 0.717) is 19.3 Å². The van der Waals surface area contributed by atoms with Gasteiger partial charge in [0.05, 0.1) is 0 Å². The second-order valence-corrected chi connectivity index (χ2v) is 5.17. The summed E-state index contributed by atoms with van der Waals surface area (Å²) in [5.74, 6) is -3.61. The SMILES string of the molecule is FC12CC3CC(C1)C(F)(F)C(C3)C2. The molecule has 0 aromatic rings. The molecule has 0 spiro atoms. The van der Waals surface area contributed by atoms with Crippen LogP contribution in [0.1, 0.15) is 32.1 Å². The van der Waals surface area contributed by atoms with E-state index < -0.39 is 23.4 Å². The third-order valence-corrected chi connectivity index (χ3v) is 4.20. The van der Waals surface area contributed by atoms with Crippen molar-refractivity contribution in [3.8, 4) is 0 Å². The standard InChI is InChI=1S/C10H13F3/c11-9-3-6-1-7(4-9)10(12,13)8(2-6)5-9/h6-8H,1-5H2. The van der Waals surface area contributed by atoms with Crippen molar-refractivity contribution in [1.29, 1.82) is 0 Å². The van der Waals surface area contributed by atoms with Gasteiger partial charge in [-0.3, -0.25) is 0 Å². The molecule has 0 radical (unpaired) electrons. The second-order valence-electron chi connectivity index (χ2n) is 5.17. The van der Waals surface area contributed by atoms with Crippen LogP contribution in [0.3, 0.4) is 0 Å². The Hall–Kier alpha value is -0.210. The monoisotopic (exact) mass is 190 g/mol. The Kier molecular flexibility index (Phi) is 1.29. The fraction of sp³-hybridized carbons (Fsp3) is 1.00. The van der Waals surface area contributed by atoms with Crippen LogP contribution >= 0.6 is 0 Å². The van der Waals surface area contributed by atoms with Crippen LogP contribution in [0.15, 0.2) is 0 Å². The average molecular weight is 190 g/mol. The minimum absolute atomic E-state index is 0.118. The third kappa shape index (κ3) is 0.934. The maximum Gasteiger partial charge on any atom is 0.253 e. The van der Waals surface area contributed by atoms with Gasteiger partial charge in [-0.25, -0.2) is 13.2 Å². The van der Waals surface area contributed by atoms with Gasteiger partial charge in [0.2, 0.25) is 0 Å². The highest BCUT2D eigenvalue weighted by Gasteiger charge is 2.64. The molecule has 4 fully saturated rings. The molecule has 4 saturated carbocycles. The van der Waals surface area contributed by atoms with E-state index in [4.69, 9.17) is 0 Å². The van der Waals surface area contributed by atoms with Gasteiger partial charge in [0.15, 0.2) is 0 Å². The summed E-state index contributed by atoms with van der Waals surface area (Å²) in [7, 11) is 0. The van der Waals surface area contributed by atoms with Gasteiger partial charge in [0.25, 0.3) is 5.92 Å². The lowest BCUT2D eigenvalue weighted by molar-refractivity contribution is -0.228. The molecule has 2 atom stereocenters. The first-order valence-corrected chi connectivity index (χ1v) is 5.06. The highest BCUT2D eigenvalue weighted by molar-refractivity contribution is 5.09. The van der Waals surface area contributed by atoms with Crippen molar-refractivity contribution < 1.29 is 13.2 Å². The van der Waals surface area contributed by atoms with E-state index >= 15 is 0 Å². The largest absolute Gasteiger partial charge is 0.253 e. The first kappa shape index (κ1) is 8.13. The molecule has 0 aliphatic heterocycles. The Morgan fingerprint density at radius 2 is 1.38 bits per heavy atom. The van der Waals surface area contributed by atoms with Crippen molar-refractivity contribution in [1.82, 2.24) is 0 Å².